The van der Waals surface area contributed by atoms with Crippen molar-refractivity contribution in [2.24, 2.45) is 23.5 Å². The average molecular weight is 351 g/mol. The number of nitrogens with one attached hydrogen (secondary N) is 1. The SMILES string of the molecule is Cl.NC1C2CCC(C2)C1C(=O)Nc1ccc(OC(F)F)c(F)c1. The fourth-order valence-corrected chi connectivity index (χ4v) is 3.72. The van der Waals surface area contributed by atoms with Gasteiger partial charge in [-0.3, -0.25) is 4.79 Å². The van der Waals surface area contributed by atoms with Crippen LogP contribution in [0.5, 0.6) is 5.75 Å². The van der Waals surface area contributed by atoms with Crippen molar-refractivity contribution in [2.45, 2.75) is 31.9 Å². The van der Waals surface area contributed by atoms with Gasteiger partial charge in [0, 0.05) is 17.8 Å². The van der Waals surface area contributed by atoms with Crippen LogP contribution in [-0.4, -0.2) is 18.6 Å². The van der Waals surface area contributed by atoms with Crippen molar-refractivity contribution >= 4 is 24.0 Å². The molecule has 0 aromatic heterocycles. The van der Waals surface area contributed by atoms with Crippen LogP contribution in [0.15, 0.2) is 18.2 Å². The summed E-state index contributed by atoms with van der Waals surface area (Å²) in [5, 5.41) is 2.62. The lowest BCUT2D eigenvalue weighted by Gasteiger charge is -2.27. The van der Waals surface area contributed by atoms with Gasteiger partial charge in [0.2, 0.25) is 5.91 Å². The number of fused-ring (bicyclic) bond motifs is 2. The zero-order valence-corrected chi connectivity index (χ0v) is 13.0. The van der Waals surface area contributed by atoms with E-state index in [4.69, 9.17) is 5.73 Å². The van der Waals surface area contributed by atoms with Gasteiger partial charge in [-0.05, 0) is 43.2 Å². The van der Waals surface area contributed by atoms with E-state index in [2.05, 4.69) is 10.1 Å². The molecule has 1 aromatic rings. The molecule has 2 fully saturated rings. The Morgan fingerprint density at radius 2 is 2.00 bits per heavy atom. The van der Waals surface area contributed by atoms with Crippen molar-refractivity contribution in [3.63, 3.8) is 0 Å². The minimum Gasteiger partial charge on any atom is -0.432 e. The smallest absolute Gasteiger partial charge is 0.387 e. The van der Waals surface area contributed by atoms with Gasteiger partial charge in [0.15, 0.2) is 11.6 Å². The van der Waals surface area contributed by atoms with Crippen molar-refractivity contribution in [2.75, 3.05) is 5.32 Å². The highest BCUT2D eigenvalue weighted by Crippen LogP contribution is 2.47. The summed E-state index contributed by atoms with van der Waals surface area (Å²) in [6.07, 6.45) is 3.02. The molecular formula is C15H18ClF3N2O2. The maximum Gasteiger partial charge on any atom is 0.387 e. The van der Waals surface area contributed by atoms with Crippen LogP contribution in [0.4, 0.5) is 18.9 Å². The second-order valence-corrected chi connectivity index (χ2v) is 5.95. The lowest BCUT2D eigenvalue weighted by atomic mass is 9.84. The summed E-state index contributed by atoms with van der Waals surface area (Å²) in [4.78, 5) is 12.3. The number of ether oxygens (including phenoxy) is 1. The predicted octanol–water partition coefficient (Wildman–Crippen LogP) is 3.16. The number of hydrogen-bond acceptors (Lipinski definition) is 3. The van der Waals surface area contributed by atoms with Gasteiger partial charge < -0.3 is 15.8 Å². The van der Waals surface area contributed by atoms with E-state index in [-0.39, 0.29) is 41.9 Å². The number of anilines is 1. The summed E-state index contributed by atoms with van der Waals surface area (Å²) in [7, 11) is 0. The van der Waals surface area contributed by atoms with E-state index in [1.54, 1.807) is 0 Å². The minimum atomic E-state index is -3.10. The van der Waals surface area contributed by atoms with Gasteiger partial charge in [-0.1, -0.05) is 0 Å². The Bertz CT molecular complexity index is 586. The number of amides is 1. The van der Waals surface area contributed by atoms with E-state index >= 15 is 0 Å². The molecule has 1 amide bonds. The molecule has 2 aliphatic carbocycles. The first-order valence-corrected chi connectivity index (χ1v) is 7.26. The Balaban J connectivity index is 0.00000192. The fraction of sp³-hybridized carbons (Fsp3) is 0.533. The standard InChI is InChI=1S/C15H17F3N2O2.ClH/c16-10-6-9(3-4-11(10)22-15(17)18)20-14(21)12-7-1-2-8(5-7)13(12)19;/h3-4,6-8,12-13,15H,1-2,5,19H2,(H,20,21);1H. The topological polar surface area (TPSA) is 64.4 Å². The van der Waals surface area contributed by atoms with Gasteiger partial charge >= 0.3 is 6.61 Å². The van der Waals surface area contributed by atoms with Crippen LogP contribution in [0, 0.1) is 23.6 Å². The zero-order valence-electron chi connectivity index (χ0n) is 12.2. The summed E-state index contributed by atoms with van der Waals surface area (Å²) in [6, 6.07) is 3.20. The van der Waals surface area contributed by atoms with E-state index in [0.717, 1.165) is 31.4 Å². The van der Waals surface area contributed by atoms with Gasteiger partial charge in [0.1, 0.15) is 0 Å². The number of alkyl halides is 2. The quantitative estimate of drug-likeness (QED) is 0.876. The average Bonchev–Trinajstić information content (AvgIpc) is 3.02. The van der Waals surface area contributed by atoms with E-state index < -0.39 is 18.2 Å². The molecule has 0 spiro atoms. The van der Waals surface area contributed by atoms with Gasteiger partial charge in [-0.15, -0.1) is 12.4 Å². The Kier molecular flexibility index (Phi) is 5.41. The molecule has 4 atom stereocenters. The molecule has 4 unspecified atom stereocenters. The highest BCUT2D eigenvalue weighted by atomic mass is 35.5. The van der Waals surface area contributed by atoms with Crippen LogP contribution in [0.1, 0.15) is 19.3 Å². The monoisotopic (exact) mass is 350 g/mol. The highest BCUT2D eigenvalue weighted by Gasteiger charge is 2.49. The van der Waals surface area contributed by atoms with E-state index in [1.165, 1.54) is 6.07 Å². The third kappa shape index (κ3) is 3.55. The summed E-state index contributed by atoms with van der Waals surface area (Å²) in [5.74, 6) is -1.33. The first-order chi connectivity index (χ1) is 10.5. The van der Waals surface area contributed by atoms with Crippen molar-refractivity contribution < 1.29 is 22.7 Å². The molecular weight excluding hydrogens is 333 g/mol. The van der Waals surface area contributed by atoms with Crippen LogP contribution < -0.4 is 15.8 Å². The molecule has 1 aromatic carbocycles. The van der Waals surface area contributed by atoms with E-state index in [9.17, 15) is 18.0 Å². The maximum absolute atomic E-state index is 13.6. The molecule has 3 rings (SSSR count). The minimum absolute atomic E-state index is 0. The van der Waals surface area contributed by atoms with Crippen LogP contribution in [0.3, 0.4) is 0 Å². The summed E-state index contributed by atoms with van der Waals surface area (Å²) >= 11 is 0. The second-order valence-electron chi connectivity index (χ2n) is 5.95. The number of rotatable bonds is 4. The summed E-state index contributed by atoms with van der Waals surface area (Å²) < 4.78 is 41.8. The van der Waals surface area contributed by atoms with Crippen LogP contribution >= 0.6 is 12.4 Å². The number of hydrogen-bond donors (Lipinski definition) is 2. The van der Waals surface area contributed by atoms with Gasteiger partial charge in [-0.25, -0.2) is 4.39 Å². The van der Waals surface area contributed by atoms with Crippen LogP contribution in [-0.2, 0) is 4.79 Å². The summed E-state index contributed by atoms with van der Waals surface area (Å²) in [6.45, 7) is -3.10. The lowest BCUT2D eigenvalue weighted by Crippen LogP contribution is -2.42. The van der Waals surface area contributed by atoms with Gasteiger partial charge in [0.25, 0.3) is 0 Å². The van der Waals surface area contributed by atoms with Crippen LogP contribution in [0.25, 0.3) is 0 Å². The number of carbonyl (C=O) groups excluding carboxylic acids is 1. The molecule has 4 nitrogen and oxygen atoms in total. The van der Waals surface area contributed by atoms with Crippen molar-refractivity contribution in [1.29, 1.82) is 0 Å². The molecule has 0 radical (unpaired) electrons. The Labute approximate surface area is 138 Å². The normalized spacial score (nSPS) is 28.6. The van der Waals surface area contributed by atoms with Crippen molar-refractivity contribution in [1.82, 2.24) is 0 Å². The second kappa shape index (κ2) is 6.97. The Morgan fingerprint density at radius 1 is 1.30 bits per heavy atom. The molecule has 2 aliphatic rings. The zero-order chi connectivity index (χ0) is 15.9. The van der Waals surface area contributed by atoms with Gasteiger partial charge in [-0.2, -0.15) is 8.78 Å². The molecule has 2 bridgehead atoms. The lowest BCUT2D eigenvalue weighted by molar-refractivity contribution is -0.121. The third-order valence-electron chi connectivity index (χ3n) is 4.70. The molecule has 0 saturated heterocycles. The van der Waals surface area contributed by atoms with E-state index in [0.29, 0.717) is 5.92 Å². The molecule has 8 heteroatoms. The maximum atomic E-state index is 13.6. The Morgan fingerprint density at radius 3 is 2.57 bits per heavy atom. The summed E-state index contributed by atoms with van der Waals surface area (Å²) in [5.41, 5.74) is 6.30. The molecule has 0 heterocycles. The van der Waals surface area contributed by atoms with Crippen LogP contribution in [0.2, 0.25) is 0 Å². The predicted molar refractivity (Wildman–Crippen MR) is 81.2 cm³/mol. The number of nitrogens with two attached hydrogens (primary N) is 1. The first-order valence-electron chi connectivity index (χ1n) is 7.26. The number of benzene rings is 1. The third-order valence-corrected chi connectivity index (χ3v) is 4.70. The fourth-order valence-electron chi connectivity index (χ4n) is 3.72. The highest BCUT2D eigenvalue weighted by molar-refractivity contribution is 5.93. The van der Waals surface area contributed by atoms with Crippen molar-refractivity contribution in [3.8, 4) is 5.75 Å². The molecule has 2 saturated carbocycles. The number of carbonyl (C=O) groups is 1. The molecule has 128 valence electrons. The van der Waals surface area contributed by atoms with Gasteiger partial charge in [0.05, 0.1) is 5.92 Å². The molecule has 3 N–H and O–H groups in total. The number of halogens is 4. The first kappa shape index (κ1) is 17.9. The van der Waals surface area contributed by atoms with E-state index in [1.807, 2.05) is 0 Å². The molecule has 23 heavy (non-hydrogen) atoms. The molecule has 0 aliphatic heterocycles. The Hall–Kier alpha value is -1.47. The largest absolute Gasteiger partial charge is 0.432 e. The van der Waals surface area contributed by atoms with Crippen molar-refractivity contribution in [3.05, 3.63) is 24.0 Å².